The highest BCUT2D eigenvalue weighted by Gasteiger charge is 2.20. The van der Waals surface area contributed by atoms with Gasteiger partial charge in [0.25, 0.3) is 6.43 Å². The van der Waals surface area contributed by atoms with Crippen molar-refractivity contribution in [1.29, 1.82) is 5.26 Å². The molecule has 0 unspecified atom stereocenters. The highest BCUT2D eigenvalue weighted by Crippen LogP contribution is 2.29. The van der Waals surface area contributed by atoms with Gasteiger partial charge in [0.1, 0.15) is 11.8 Å². The van der Waals surface area contributed by atoms with Crippen LogP contribution in [0.4, 0.5) is 8.78 Å². The van der Waals surface area contributed by atoms with Crippen molar-refractivity contribution in [3.8, 4) is 6.07 Å². The average Bonchev–Trinajstić information content (AvgIpc) is 2.16. The molecule has 0 fully saturated rings. The van der Waals surface area contributed by atoms with Crippen LogP contribution in [0.2, 0.25) is 0 Å². The molecular formula is C9H5BrF2N2O2. The highest BCUT2D eigenvalue weighted by molar-refractivity contribution is 9.10. The van der Waals surface area contributed by atoms with Gasteiger partial charge in [0, 0.05) is 11.8 Å². The number of carbonyl (C=O) groups is 1. The van der Waals surface area contributed by atoms with Gasteiger partial charge in [-0.15, -0.1) is 0 Å². The highest BCUT2D eigenvalue weighted by atomic mass is 79.9. The molecule has 0 aliphatic carbocycles. The Hall–Kier alpha value is -1.55. The molecule has 0 aliphatic rings. The van der Waals surface area contributed by atoms with Crippen LogP contribution < -0.4 is 0 Å². The van der Waals surface area contributed by atoms with Gasteiger partial charge in [-0.05, 0) is 15.9 Å². The summed E-state index contributed by atoms with van der Waals surface area (Å²) >= 11 is 2.82. The monoisotopic (exact) mass is 290 g/mol. The SMILES string of the molecule is N#Cc1c(CC(=O)O)cnc(C(F)F)c1Br. The minimum absolute atomic E-state index is 0.103. The lowest BCUT2D eigenvalue weighted by Crippen LogP contribution is -2.06. The maximum absolute atomic E-state index is 12.4. The fraction of sp³-hybridized carbons (Fsp3) is 0.222. The third-order valence-corrected chi connectivity index (χ3v) is 2.59. The Morgan fingerprint density at radius 3 is 2.75 bits per heavy atom. The van der Waals surface area contributed by atoms with Crippen molar-refractivity contribution in [1.82, 2.24) is 4.98 Å². The number of carboxylic acid groups (broad SMARTS) is 1. The lowest BCUT2D eigenvalue weighted by atomic mass is 10.1. The number of hydrogen-bond donors (Lipinski definition) is 1. The van der Waals surface area contributed by atoms with Gasteiger partial charge in [0.2, 0.25) is 0 Å². The fourth-order valence-corrected chi connectivity index (χ4v) is 1.73. The lowest BCUT2D eigenvalue weighted by Gasteiger charge is -2.07. The minimum atomic E-state index is -2.82. The Morgan fingerprint density at radius 1 is 1.69 bits per heavy atom. The summed E-state index contributed by atoms with van der Waals surface area (Å²) in [5.41, 5.74) is -0.579. The zero-order valence-corrected chi connectivity index (χ0v) is 9.33. The van der Waals surface area contributed by atoms with Crippen LogP contribution in [0.15, 0.2) is 10.7 Å². The molecule has 1 aromatic rings. The van der Waals surface area contributed by atoms with Crippen LogP contribution in [0.1, 0.15) is 23.2 Å². The van der Waals surface area contributed by atoms with Gasteiger partial charge >= 0.3 is 5.97 Å². The van der Waals surface area contributed by atoms with Crippen molar-refractivity contribution in [2.45, 2.75) is 12.8 Å². The number of halogens is 3. The predicted octanol–water partition coefficient (Wildman–Crippen LogP) is 2.28. The molecular weight excluding hydrogens is 286 g/mol. The number of alkyl halides is 2. The topological polar surface area (TPSA) is 74.0 Å². The number of nitrogens with zero attached hydrogens (tertiary/aromatic N) is 2. The van der Waals surface area contributed by atoms with Crippen molar-refractivity contribution < 1.29 is 18.7 Å². The third kappa shape index (κ3) is 2.52. The van der Waals surface area contributed by atoms with Crippen molar-refractivity contribution >= 4 is 21.9 Å². The van der Waals surface area contributed by atoms with Crippen LogP contribution >= 0.6 is 15.9 Å². The Balaban J connectivity index is 3.31. The summed E-state index contributed by atoms with van der Waals surface area (Å²) in [5, 5.41) is 17.3. The van der Waals surface area contributed by atoms with Gasteiger partial charge in [0.05, 0.1) is 16.5 Å². The summed E-state index contributed by atoms with van der Waals surface area (Å²) in [6.45, 7) is 0. The minimum Gasteiger partial charge on any atom is -0.481 e. The molecule has 0 atom stereocenters. The second-order valence-electron chi connectivity index (χ2n) is 2.84. The molecule has 84 valence electrons. The molecule has 1 rings (SSSR count). The Morgan fingerprint density at radius 2 is 2.31 bits per heavy atom. The standard InChI is InChI=1S/C9H5BrF2N2O2/c10-7-5(2-13)4(1-6(15)16)3-14-8(7)9(11)12/h3,9H,1H2,(H,15,16). The van der Waals surface area contributed by atoms with E-state index in [1.54, 1.807) is 6.07 Å². The van der Waals surface area contributed by atoms with Crippen LogP contribution in [-0.4, -0.2) is 16.1 Å². The van der Waals surface area contributed by atoms with E-state index in [2.05, 4.69) is 20.9 Å². The molecule has 16 heavy (non-hydrogen) atoms. The number of rotatable bonds is 3. The molecule has 0 spiro atoms. The third-order valence-electron chi connectivity index (χ3n) is 1.79. The first-order chi connectivity index (χ1) is 7.47. The Labute approximate surface area is 97.7 Å². The van der Waals surface area contributed by atoms with Crippen LogP contribution in [0.25, 0.3) is 0 Å². The molecule has 0 saturated carbocycles. The number of nitriles is 1. The normalized spacial score (nSPS) is 10.2. The first kappa shape index (κ1) is 12.5. The van der Waals surface area contributed by atoms with Crippen molar-refractivity contribution in [2.24, 2.45) is 0 Å². The van der Waals surface area contributed by atoms with Gasteiger partial charge in [-0.1, -0.05) is 0 Å². The molecule has 1 aromatic heterocycles. The van der Waals surface area contributed by atoms with Gasteiger partial charge < -0.3 is 5.11 Å². The molecule has 0 aromatic carbocycles. The van der Waals surface area contributed by atoms with E-state index >= 15 is 0 Å². The second-order valence-corrected chi connectivity index (χ2v) is 3.63. The van der Waals surface area contributed by atoms with Crippen LogP contribution in [0, 0.1) is 11.3 Å². The van der Waals surface area contributed by atoms with Crippen LogP contribution in [0.5, 0.6) is 0 Å². The van der Waals surface area contributed by atoms with E-state index in [1.807, 2.05) is 0 Å². The maximum Gasteiger partial charge on any atom is 0.307 e. The van der Waals surface area contributed by atoms with Crippen molar-refractivity contribution in [2.75, 3.05) is 0 Å². The fourth-order valence-electron chi connectivity index (χ4n) is 1.11. The van der Waals surface area contributed by atoms with E-state index in [0.717, 1.165) is 6.20 Å². The molecule has 4 nitrogen and oxygen atoms in total. The van der Waals surface area contributed by atoms with Gasteiger partial charge in [-0.3, -0.25) is 9.78 Å². The molecule has 0 amide bonds. The zero-order chi connectivity index (χ0) is 12.3. The quantitative estimate of drug-likeness (QED) is 0.927. The van der Waals surface area contributed by atoms with E-state index in [4.69, 9.17) is 10.4 Å². The van der Waals surface area contributed by atoms with Crippen LogP contribution in [0.3, 0.4) is 0 Å². The summed E-state index contributed by atoms with van der Waals surface area (Å²) in [6.07, 6.45) is -2.27. The largest absolute Gasteiger partial charge is 0.481 e. The molecule has 1 N–H and O–H groups in total. The number of aliphatic carboxylic acids is 1. The smallest absolute Gasteiger partial charge is 0.307 e. The number of carboxylic acids is 1. The first-order valence-electron chi connectivity index (χ1n) is 4.04. The Kier molecular flexibility index (Phi) is 3.90. The number of pyridine rings is 1. The second kappa shape index (κ2) is 4.99. The predicted molar refractivity (Wildman–Crippen MR) is 52.9 cm³/mol. The lowest BCUT2D eigenvalue weighted by molar-refractivity contribution is -0.136. The molecule has 1 heterocycles. The molecule has 0 saturated heterocycles. The molecule has 7 heteroatoms. The number of hydrogen-bond acceptors (Lipinski definition) is 3. The van der Waals surface area contributed by atoms with E-state index in [0.29, 0.717) is 0 Å². The average molecular weight is 291 g/mol. The first-order valence-corrected chi connectivity index (χ1v) is 4.84. The molecule has 0 radical (unpaired) electrons. The van der Waals surface area contributed by atoms with Gasteiger partial charge in [-0.25, -0.2) is 8.78 Å². The van der Waals surface area contributed by atoms with Gasteiger partial charge in [-0.2, -0.15) is 5.26 Å². The summed E-state index contributed by atoms with van der Waals surface area (Å²) in [4.78, 5) is 13.9. The van der Waals surface area contributed by atoms with Crippen molar-refractivity contribution in [3.05, 3.63) is 27.5 Å². The van der Waals surface area contributed by atoms with E-state index in [1.165, 1.54) is 0 Å². The zero-order valence-electron chi connectivity index (χ0n) is 7.75. The van der Waals surface area contributed by atoms with E-state index in [9.17, 15) is 13.6 Å². The molecule has 0 aliphatic heterocycles. The van der Waals surface area contributed by atoms with Gasteiger partial charge in [0.15, 0.2) is 0 Å². The van der Waals surface area contributed by atoms with Crippen LogP contribution in [-0.2, 0) is 11.2 Å². The summed E-state index contributed by atoms with van der Waals surface area (Å²) < 4.78 is 24.7. The summed E-state index contributed by atoms with van der Waals surface area (Å²) in [6, 6.07) is 1.68. The Bertz CT molecular complexity index is 471. The summed E-state index contributed by atoms with van der Waals surface area (Å²) in [5.74, 6) is -1.16. The van der Waals surface area contributed by atoms with E-state index in [-0.39, 0.29) is 15.6 Å². The number of aromatic nitrogens is 1. The maximum atomic E-state index is 12.4. The summed E-state index contributed by atoms with van der Waals surface area (Å²) in [7, 11) is 0. The molecule has 0 bridgehead atoms. The van der Waals surface area contributed by atoms with Crippen molar-refractivity contribution in [3.63, 3.8) is 0 Å². The van der Waals surface area contributed by atoms with E-state index < -0.39 is 24.5 Å².